The summed E-state index contributed by atoms with van der Waals surface area (Å²) in [5.41, 5.74) is 5.48. The number of carbonyl (C=O) groups excluding carboxylic acids is 1. The first-order valence-electron chi connectivity index (χ1n) is 5.87. The third-order valence-electron chi connectivity index (χ3n) is 2.88. The van der Waals surface area contributed by atoms with E-state index in [1.807, 2.05) is 6.92 Å². The highest BCUT2D eigenvalue weighted by atomic mass is 16.5. The van der Waals surface area contributed by atoms with Gasteiger partial charge in [0, 0.05) is 26.7 Å². The van der Waals surface area contributed by atoms with Crippen molar-refractivity contribution in [2.24, 2.45) is 5.73 Å². The van der Waals surface area contributed by atoms with Crippen LogP contribution in [0.3, 0.4) is 0 Å². The van der Waals surface area contributed by atoms with Gasteiger partial charge in [0.15, 0.2) is 0 Å². The second kappa shape index (κ2) is 6.90. The summed E-state index contributed by atoms with van der Waals surface area (Å²) in [6.07, 6.45) is -0.309. The molecule has 6 heteroatoms. The molecule has 1 heterocycles. The number of ether oxygens (including phenoxy) is 2. The van der Waals surface area contributed by atoms with Crippen molar-refractivity contribution in [1.82, 2.24) is 4.90 Å². The number of methoxy groups -OCH3 is 1. The molecule has 1 aliphatic heterocycles. The van der Waals surface area contributed by atoms with Crippen LogP contribution >= 0.6 is 0 Å². The lowest BCUT2D eigenvalue weighted by atomic mass is 10.1. The van der Waals surface area contributed by atoms with Gasteiger partial charge < -0.3 is 25.2 Å². The minimum Gasteiger partial charge on any atom is -0.394 e. The highest BCUT2D eigenvalue weighted by molar-refractivity contribution is 5.76. The van der Waals surface area contributed by atoms with E-state index >= 15 is 0 Å². The van der Waals surface area contributed by atoms with Crippen LogP contribution in [0.2, 0.25) is 0 Å². The second-order valence-electron chi connectivity index (χ2n) is 4.35. The Balaban J connectivity index is 2.50. The molecule has 3 N–H and O–H groups in total. The predicted molar refractivity (Wildman–Crippen MR) is 62.5 cm³/mol. The molecule has 6 nitrogen and oxygen atoms in total. The van der Waals surface area contributed by atoms with E-state index in [0.717, 1.165) is 0 Å². The molecule has 1 fully saturated rings. The number of aliphatic hydroxyl groups excluding tert-OH is 1. The van der Waals surface area contributed by atoms with E-state index < -0.39 is 0 Å². The van der Waals surface area contributed by atoms with Crippen molar-refractivity contribution in [3.05, 3.63) is 0 Å². The maximum Gasteiger partial charge on any atom is 0.225 e. The second-order valence-corrected chi connectivity index (χ2v) is 4.35. The first kappa shape index (κ1) is 14.4. The predicted octanol–water partition coefficient (Wildman–Crippen LogP) is -1.04. The number of amides is 1. The summed E-state index contributed by atoms with van der Waals surface area (Å²) in [5.74, 6) is -0.00380. The van der Waals surface area contributed by atoms with Crippen LogP contribution in [0.4, 0.5) is 0 Å². The summed E-state index contributed by atoms with van der Waals surface area (Å²) in [7, 11) is 1.54. The topological polar surface area (TPSA) is 85.0 Å². The number of morpholine rings is 1. The number of hydrogen-bond acceptors (Lipinski definition) is 5. The Bertz CT molecular complexity index is 246. The van der Waals surface area contributed by atoms with Crippen LogP contribution in [0.25, 0.3) is 0 Å². The van der Waals surface area contributed by atoms with Gasteiger partial charge in [-0.3, -0.25) is 4.79 Å². The van der Waals surface area contributed by atoms with Crippen LogP contribution in [0.5, 0.6) is 0 Å². The lowest BCUT2D eigenvalue weighted by Crippen LogP contribution is -2.51. The van der Waals surface area contributed by atoms with Crippen LogP contribution in [-0.2, 0) is 14.3 Å². The molecule has 0 radical (unpaired) electrons. The van der Waals surface area contributed by atoms with Gasteiger partial charge in [0.05, 0.1) is 31.3 Å². The van der Waals surface area contributed by atoms with Crippen LogP contribution in [-0.4, -0.2) is 67.6 Å². The lowest BCUT2D eigenvalue weighted by Gasteiger charge is -2.36. The SMILES string of the molecule is COC(CN)CC(=O)N1CC(C)OC(CO)C1. The minimum absolute atomic E-state index is 0.00380. The zero-order valence-electron chi connectivity index (χ0n) is 10.5. The van der Waals surface area contributed by atoms with Crippen LogP contribution in [0, 0.1) is 0 Å². The van der Waals surface area contributed by atoms with E-state index in [4.69, 9.17) is 20.3 Å². The largest absolute Gasteiger partial charge is 0.394 e. The monoisotopic (exact) mass is 246 g/mol. The zero-order valence-corrected chi connectivity index (χ0v) is 10.5. The van der Waals surface area contributed by atoms with Crippen LogP contribution in [0.15, 0.2) is 0 Å². The first-order chi connectivity index (χ1) is 8.10. The highest BCUT2D eigenvalue weighted by Gasteiger charge is 2.28. The summed E-state index contributed by atoms with van der Waals surface area (Å²) in [6.45, 7) is 3.13. The molecule has 1 aliphatic rings. The summed E-state index contributed by atoms with van der Waals surface area (Å²) in [6, 6.07) is 0. The molecule has 0 aliphatic carbocycles. The Hall–Kier alpha value is -0.690. The maximum absolute atomic E-state index is 12.0. The molecule has 0 bridgehead atoms. The van der Waals surface area contributed by atoms with E-state index in [1.165, 1.54) is 0 Å². The first-order valence-corrected chi connectivity index (χ1v) is 5.87. The standard InChI is InChI=1S/C11H22N2O4/c1-8-5-13(6-10(7-14)17-8)11(15)3-9(4-12)16-2/h8-10,14H,3-7,12H2,1-2H3. The van der Waals surface area contributed by atoms with Crippen molar-refractivity contribution < 1.29 is 19.4 Å². The normalized spacial score (nSPS) is 26.9. The number of aliphatic hydroxyl groups is 1. The molecule has 3 unspecified atom stereocenters. The zero-order chi connectivity index (χ0) is 12.8. The van der Waals surface area contributed by atoms with Gasteiger partial charge in [-0.1, -0.05) is 0 Å². The highest BCUT2D eigenvalue weighted by Crippen LogP contribution is 2.13. The average molecular weight is 246 g/mol. The molecular formula is C11H22N2O4. The molecule has 17 heavy (non-hydrogen) atoms. The Morgan fingerprint density at radius 2 is 2.35 bits per heavy atom. The van der Waals surface area contributed by atoms with E-state index in [1.54, 1.807) is 12.0 Å². The van der Waals surface area contributed by atoms with E-state index in [9.17, 15) is 4.79 Å². The fourth-order valence-electron chi connectivity index (χ4n) is 1.94. The Morgan fingerprint density at radius 3 is 2.88 bits per heavy atom. The van der Waals surface area contributed by atoms with Gasteiger partial charge in [-0.05, 0) is 6.92 Å². The fraction of sp³-hybridized carbons (Fsp3) is 0.909. The van der Waals surface area contributed by atoms with Crippen molar-refractivity contribution in [1.29, 1.82) is 0 Å². The summed E-state index contributed by atoms with van der Waals surface area (Å²) in [4.78, 5) is 13.7. The molecule has 1 amide bonds. The number of hydrogen-bond donors (Lipinski definition) is 2. The Kier molecular flexibility index (Phi) is 5.84. The van der Waals surface area contributed by atoms with Crippen molar-refractivity contribution in [2.45, 2.75) is 31.7 Å². The summed E-state index contributed by atoms with van der Waals surface area (Å²) in [5, 5.41) is 9.07. The molecule has 0 aromatic rings. The molecule has 3 atom stereocenters. The third-order valence-corrected chi connectivity index (χ3v) is 2.88. The quantitative estimate of drug-likeness (QED) is 0.647. The maximum atomic E-state index is 12.0. The van der Waals surface area contributed by atoms with Gasteiger partial charge in [0.25, 0.3) is 0 Å². The van der Waals surface area contributed by atoms with Gasteiger partial charge in [-0.25, -0.2) is 0 Å². The van der Waals surface area contributed by atoms with Crippen LogP contribution < -0.4 is 5.73 Å². The minimum atomic E-state index is -0.290. The molecule has 0 spiro atoms. The summed E-state index contributed by atoms with van der Waals surface area (Å²) < 4.78 is 10.6. The van der Waals surface area contributed by atoms with E-state index in [0.29, 0.717) is 19.6 Å². The van der Waals surface area contributed by atoms with Crippen molar-refractivity contribution in [3.8, 4) is 0 Å². The number of nitrogens with two attached hydrogens (primary N) is 1. The van der Waals surface area contributed by atoms with E-state index in [2.05, 4.69) is 0 Å². The molecule has 0 aromatic heterocycles. The third kappa shape index (κ3) is 4.23. The number of nitrogens with zero attached hydrogens (tertiary/aromatic N) is 1. The molecular weight excluding hydrogens is 224 g/mol. The molecule has 0 aromatic carbocycles. The molecule has 1 rings (SSSR count). The lowest BCUT2D eigenvalue weighted by molar-refractivity contribution is -0.149. The van der Waals surface area contributed by atoms with Gasteiger partial charge in [-0.15, -0.1) is 0 Å². The van der Waals surface area contributed by atoms with Crippen LogP contribution in [0.1, 0.15) is 13.3 Å². The van der Waals surface area contributed by atoms with Gasteiger partial charge in [0.1, 0.15) is 0 Å². The Morgan fingerprint density at radius 1 is 1.65 bits per heavy atom. The van der Waals surface area contributed by atoms with E-state index in [-0.39, 0.29) is 37.2 Å². The van der Waals surface area contributed by atoms with Gasteiger partial charge >= 0.3 is 0 Å². The smallest absolute Gasteiger partial charge is 0.225 e. The van der Waals surface area contributed by atoms with Gasteiger partial charge in [0.2, 0.25) is 5.91 Å². The molecule has 1 saturated heterocycles. The average Bonchev–Trinajstić information content (AvgIpc) is 2.34. The number of carbonyl (C=O) groups is 1. The van der Waals surface area contributed by atoms with Crippen molar-refractivity contribution in [2.75, 3.05) is 33.4 Å². The Labute approximate surface area is 102 Å². The van der Waals surface area contributed by atoms with Crippen molar-refractivity contribution >= 4 is 5.91 Å². The van der Waals surface area contributed by atoms with Crippen molar-refractivity contribution in [3.63, 3.8) is 0 Å². The summed E-state index contributed by atoms with van der Waals surface area (Å²) >= 11 is 0. The number of rotatable bonds is 5. The fourth-order valence-corrected chi connectivity index (χ4v) is 1.94. The van der Waals surface area contributed by atoms with Gasteiger partial charge in [-0.2, -0.15) is 0 Å². The molecule has 0 saturated carbocycles. The molecule has 100 valence electrons.